The van der Waals surface area contributed by atoms with Crippen LogP contribution in [0.5, 0.6) is 5.75 Å². The van der Waals surface area contributed by atoms with Gasteiger partial charge in [-0.3, -0.25) is 0 Å². The number of piperidine rings is 1. The first-order chi connectivity index (χ1) is 17.7. The summed E-state index contributed by atoms with van der Waals surface area (Å²) in [5.41, 5.74) is 5.82. The fraction of sp³-hybridized carbons (Fsp3) is 0.606. The molecule has 0 N–H and O–H groups in total. The zero-order valence-corrected chi connectivity index (χ0v) is 26.4. The average Bonchev–Trinajstić information content (AvgIpc) is 3.71. The van der Waals surface area contributed by atoms with E-state index in [1.165, 1.54) is 29.7 Å². The van der Waals surface area contributed by atoms with Gasteiger partial charge in [0.1, 0.15) is 5.75 Å². The summed E-state index contributed by atoms with van der Waals surface area (Å²) in [6.07, 6.45) is 9.29. The van der Waals surface area contributed by atoms with Gasteiger partial charge in [-0.1, -0.05) is 52.0 Å². The molecular weight excluding hydrogens is 481 g/mol. The quantitative estimate of drug-likeness (QED) is 0.396. The second-order valence-electron chi connectivity index (χ2n) is 12.6. The molecule has 38 heavy (non-hydrogen) atoms. The number of benzene rings is 2. The fourth-order valence-corrected chi connectivity index (χ4v) is 5.77. The number of anilines is 1. The molecule has 0 bridgehead atoms. The number of aryl methyl sites for hydroxylation is 2. The Labute approximate surface area is 252 Å². The van der Waals surface area contributed by atoms with E-state index >= 15 is 0 Å². The third kappa shape index (κ3) is 9.31. The van der Waals surface area contributed by atoms with Crippen molar-refractivity contribution in [1.29, 1.82) is 0 Å². The van der Waals surface area contributed by atoms with Gasteiger partial charge in [-0.05, 0) is 116 Å². The smallest absolute Gasteiger partial charge is 0.550 e. The molecule has 1 aliphatic heterocycles. The van der Waals surface area contributed by atoms with Crippen LogP contribution in [0.25, 0.3) is 0 Å². The van der Waals surface area contributed by atoms with Crippen LogP contribution in [0.1, 0.15) is 95.2 Å². The number of aliphatic carboxylic acids is 1. The molecule has 0 aromatic heterocycles. The number of hydrogen-bond acceptors (Lipinski definition) is 4. The molecule has 1 saturated heterocycles. The standard InChI is InChI=1S/C33H47NO3.Na/c1-5-24-11-12-27(9-7-17-33(2,3)4)31(20-24)34-18-15-25(16-19-34)23-37-29-10-6-8-28(21-29)30(22-32(35)36)26-13-14-26;/h6,8,10-12,20-21,25-26,30H,5,7,9,13-19,22-23H2,1-4H3,(H,35,36);/q;+1/p-1. The van der Waals surface area contributed by atoms with E-state index in [1.807, 2.05) is 18.2 Å². The zero-order valence-electron chi connectivity index (χ0n) is 24.4. The molecule has 1 unspecified atom stereocenters. The normalized spacial score (nSPS) is 17.1. The molecule has 1 saturated carbocycles. The Kier molecular flexibility index (Phi) is 11.6. The Balaban J connectivity index is 0.00000400. The molecule has 4 rings (SSSR count). The molecule has 0 amide bonds. The van der Waals surface area contributed by atoms with Crippen LogP contribution in [-0.4, -0.2) is 25.7 Å². The molecule has 4 nitrogen and oxygen atoms in total. The maximum Gasteiger partial charge on any atom is 1.00 e. The molecule has 2 fully saturated rings. The van der Waals surface area contributed by atoms with Crippen LogP contribution < -0.4 is 44.3 Å². The number of nitrogens with zero attached hydrogens (tertiary/aromatic N) is 1. The molecule has 0 spiro atoms. The van der Waals surface area contributed by atoms with Gasteiger partial charge >= 0.3 is 29.6 Å². The van der Waals surface area contributed by atoms with Gasteiger partial charge in [-0.25, -0.2) is 0 Å². The second kappa shape index (κ2) is 14.2. The van der Waals surface area contributed by atoms with E-state index in [0.717, 1.165) is 69.5 Å². The maximum absolute atomic E-state index is 11.3. The molecular formula is C33H46NNaO3. The summed E-state index contributed by atoms with van der Waals surface area (Å²) in [5.74, 6) is 0.967. The van der Waals surface area contributed by atoms with Crippen molar-refractivity contribution in [3.8, 4) is 5.75 Å². The van der Waals surface area contributed by atoms with Crippen molar-refractivity contribution in [2.75, 3.05) is 24.6 Å². The Bertz CT molecular complexity index is 1030. The Morgan fingerprint density at radius 3 is 2.45 bits per heavy atom. The first-order valence-electron chi connectivity index (χ1n) is 14.5. The molecule has 1 aliphatic carbocycles. The van der Waals surface area contributed by atoms with E-state index in [4.69, 9.17) is 4.74 Å². The van der Waals surface area contributed by atoms with Crippen molar-refractivity contribution < 1.29 is 44.2 Å². The number of carbonyl (C=O) groups excluding carboxylic acids is 1. The molecule has 2 aromatic carbocycles. The van der Waals surface area contributed by atoms with Crippen molar-refractivity contribution in [3.05, 3.63) is 59.2 Å². The van der Waals surface area contributed by atoms with Crippen LogP contribution in [0.15, 0.2) is 42.5 Å². The summed E-state index contributed by atoms with van der Waals surface area (Å²) in [6, 6.07) is 15.2. The molecule has 0 radical (unpaired) electrons. The van der Waals surface area contributed by atoms with Crippen LogP contribution in [0.3, 0.4) is 0 Å². The summed E-state index contributed by atoms with van der Waals surface area (Å²) in [6.45, 7) is 12.1. The van der Waals surface area contributed by atoms with Crippen molar-refractivity contribution in [2.45, 2.75) is 91.4 Å². The summed E-state index contributed by atoms with van der Waals surface area (Å²) < 4.78 is 6.25. The minimum Gasteiger partial charge on any atom is -0.550 e. The Morgan fingerprint density at radius 2 is 1.82 bits per heavy atom. The minimum atomic E-state index is -0.961. The first kappa shape index (κ1) is 31.0. The van der Waals surface area contributed by atoms with Crippen LogP contribution in [0.2, 0.25) is 0 Å². The third-order valence-corrected chi connectivity index (χ3v) is 8.24. The van der Waals surface area contributed by atoms with E-state index in [0.29, 0.717) is 17.3 Å². The molecule has 1 atom stereocenters. The Hall–Kier alpha value is -1.49. The number of carboxylic acid groups (broad SMARTS) is 1. The van der Waals surface area contributed by atoms with Gasteiger partial charge in [0.15, 0.2) is 0 Å². The third-order valence-electron chi connectivity index (χ3n) is 8.24. The molecule has 2 aliphatic rings. The molecule has 202 valence electrons. The largest absolute Gasteiger partial charge is 1.00 e. The van der Waals surface area contributed by atoms with Crippen molar-refractivity contribution in [2.24, 2.45) is 17.3 Å². The topological polar surface area (TPSA) is 52.6 Å². The predicted octanol–water partition coefficient (Wildman–Crippen LogP) is 3.55. The van der Waals surface area contributed by atoms with Crippen LogP contribution in [0, 0.1) is 17.3 Å². The van der Waals surface area contributed by atoms with E-state index in [1.54, 1.807) is 0 Å². The van der Waals surface area contributed by atoms with Crippen molar-refractivity contribution in [3.63, 3.8) is 0 Å². The Morgan fingerprint density at radius 1 is 1.08 bits per heavy atom. The van der Waals surface area contributed by atoms with Crippen LogP contribution >= 0.6 is 0 Å². The van der Waals surface area contributed by atoms with Crippen LogP contribution in [0.4, 0.5) is 5.69 Å². The number of carboxylic acids is 1. The van der Waals surface area contributed by atoms with Crippen molar-refractivity contribution >= 4 is 11.7 Å². The monoisotopic (exact) mass is 527 g/mol. The number of rotatable bonds is 12. The number of hydrogen-bond donors (Lipinski definition) is 0. The van der Waals surface area contributed by atoms with E-state index in [2.05, 4.69) is 56.9 Å². The molecule has 5 heteroatoms. The van der Waals surface area contributed by atoms with E-state index < -0.39 is 5.97 Å². The summed E-state index contributed by atoms with van der Waals surface area (Å²) in [4.78, 5) is 13.9. The van der Waals surface area contributed by atoms with Gasteiger partial charge < -0.3 is 19.5 Å². The maximum atomic E-state index is 11.3. The predicted molar refractivity (Wildman–Crippen MR) is 150 cm³/mol. The van der Waals surface area contributed by atoms with E-state index in [9.17, 15) is 9.90 Å². The van der Waals surface area contributed by atoms with Gasteiger partial charge in [0, 0.05) is 24.7 Å². The van der Waals surface area contributed by atoms with Gasteiger partial charge in [0.25, 0.3) is 0 Å². The molecule has 2 aromatic rings. The fourth-order valence-electron chi connectivity index (χ4n) is 5.77. The summed E-state index contributed by atoms with van der Waals surface area (Å²) in [5, 5.41) is 11.3. The van der Waals surface area contributed by atoms with Crippen LogP contribution in [-0.2, 0) is 17.6 Å². The van der Waals surface area contributed by atoms with Gasteiger partial charge in [-0.15, -0.1) is 0 Å². The van der Waals surface area contributed by atoms with Crippen molar-refractivity contribution in [1.82, 2.24) is 0 Å². The van der Waals surface area contributed by atoms with Gasteiger partial charge in [0.2, 0.25) is 0 Å². The SMILES string of the molecule is CCc1ccc(CCCC(C)(C)C)c(N2CCC(COc3cccc(C(CC(=O)[O-])C4CC4)c3)CC2)c1.[Na+]. The zero-order chi connectivity index (χ0) is 26.4. The van der Waals surface area contributed by atoms with Gasteiger partial charge in [0.05, 0.1) is 6.61 Å². The molecule has 1 heterocycles. The average molecular weight is 528 g/mol. The van der Waals surface area contributed by atoms with Gasteiger partial charge in [-0.2, -0.15) is 0 Å². The minimum absolute atomic E-state index is 0. The first-order valence-corrected chi connectivity index (χ1v) is 14.5. The summed E-state index contributed by atoms with van der Waals surface area (Å²) in [7, 11) is 0. The van der Waals surface area contributed by atoms with E-state index in [-0.39, 0.29) is 41.9 Å². The summed E-state index contributed by atoms with van der Waals surface area (Å²) >= 11 is 0. The number of carbonyl (C=O) groups is 1. The number of ether oxygens (including phenoxy) is 1. The second-order valence-corrected chi connectivity index (χ2v) is 12.6.